The lowest BCUT2D eigenvalue weighted by molar-refractivity contribution is -0.143. The summed E-state index contributed by atoms with van der Waals surface area (Å²) < 4.78 is 4.92. The maximum Gasteiger partial charge on any atom is 0.315 e. The second kappa shape index (κ2) is 10.5. The van der Waals surface area contributed by atoms with Crippen molar-refractivity contribution in [3.8, 4) is 0 Å². The number of urea groups is 1. The van der Waals surface area contributed by atoms with Gasteiger partial charge in [-0.05, 0) is 70.1 Å². The molecule has 2 aliphatic heterocycles. The number of carbonyl (C=O) groups excluding carboxylic acids is 3. The zero-order valence-electron chi connectivity index (χ0n) is 18.7. The molecule has 0 unspecified atom stereocenters. The van der Waals surface area contributed by atoms with E-state index in [4.69, 9.17) is 4.74 Å². The summed E-state index contributed by atoms with van der Waals surface area (Å²) >= 11 is 0. The first-order chi connectivity index (χ1) is 14.5. The molecule has 0 aromatic rings. The Hall–Kier alpha value is -1.79. The summed E-state index contributed by atoms with van der Waals surface area (Å²) in [5.41, 5.74) is 0.0295. The highest BCUT2D eigenvalue weighted by Gasteiger charge is 2.55. The molecule has 1 aliphatic carbocycles. The highest BCUT2D eigenvalue weighted by Crippen LogP contribution is 2.52. The van der Waals surface area contributed by atoms with Gasteiger partial charge >= 0.3 is 12.0 Å². The van der Waals surface area contributed by atoms with Gasteiger partial charge in [-0.2, -0.15) is 0 Å². The molecule has 0 bridgehead atoms. The van der Waals surface area contributed by atoms with Crippen LogP contribution in [0.4, 0.5) is 4.79 Å². The third kappa shape index (κ3) is 4.92. The number of rotatable bonds is 8. The summed E-state index contributed by atoms with van der Waals surface area (Å²) in [6, 6.07) is 0.00942. The number of ether oxygens (including phenoxy) is 1. The molecule has 4 atom stereocenters. The van der Waals surface area contributed by atoms with Gasteiger partial charge in [-0.1, -0.05) is 13.3 Å². The number of esters is 1. The first-order valence-corrected chi connectivity index (χ1v) is 12.0. The molecule has 2 N–H and O–H groups in total. The Bertz CT molecular complexity index is 626. The Morgan fingerprint density at radius 2 is 2.03 bits per heavy atom. The number of carbonyl (C=O) groups is 3. The van der Waals surface area contributed by atoms with Crippen molar-refractivity contribution in [2.45, 2.75) is 96.1 Å². The molecule has 1 spiro atoms. The molecule has 3 rings (SSSR count). The molecule has 3 amide bonds. The summed E-state index contributed by atoms with van der Waals surface area (Å²) in [7, 11) is 0. The molecule has 2 saturated heterocycles. The van der Waals surface area contributed by atoms with Gasteiger partial charge in [0, 0.05) is 37.5 Å². The standard InChI is InChI=1S/C23H39N3O4/c1-3-8-17-18-9-5-10-20(27)26-16-7-13-23(18,26)14-12-19(17)25-22(29)24-15-6-11-21(28)30-4-2/h17-19H,3-16H2,1-2H3,(H2,24,25,29)/t17-,18+,19+,23-/m1/s1. The van der Waals surface area contributed by atoms with Crippen molar-refractivity contribution in [2.24, 2.45) is 11.8 Å². The molecule has 170 valence electrons. The minimum absolute atomic E-state index is 0.0295. The van der Waals surface area contributed by atoms with Gasteiger partial charge in [0.15, 0.2) is 0 Å². The predicted molar refractivity (Wildman–Crippen MR) is 115 cm³/mol. The number of hydrogen-bond acceptors (Lipinski definition) is 4. The molecular weight excluding hydrogens is 382 g/mol. The van der Waals surface area contributed by atoms with Crippen molar-refractivity contribution in [1.29, 1.82) is 0 Å². The Balaban J connectivity index is 1.59. The molecule has 7 nitrogen and oxygen atoms in total. The molecule has 1 saturated carbocycles. The van der Waals surface area contributed by atoms with Gasteiger partial charge in [0.25, 0.3) is 0 Å². The fraction of sp³-hybridized carbons (Fsp3) is 0.870. The first kappa shape index (κ1) is 22.9. The van der Waals surface area contributed by atoms with Gasteiger partial charge < -0.3 is 20.3 Å². The largest absolute Gasteiger partial charge is 0.466 e. The maximum atomic E-state index is 12.7. The van der Waals surface area contributed by atoms with Gasteiger partial charge in [0.2, 0.25) is 5.91 Å². The number of nitrogens with one attached hydrogen (secondary N) is 2. The number of hydrogen-bond donors (Lipinski definition) is 2. The van der Waals surface area contributed by atoms with Crippen molar-refractivity contribution in [3.63, 3.8) is 0 Å². The van der Waals surface area contributed by atoms with Crippen LogP contribution in [0.5, 0.6) is 0 Å². The van der Waals surface area contributed by atoms with Gasteiger partial charge in [-0.15, -0.1) is 0 Å². The Labute approximate surface area is 180 Å². The molecule has 30 heavy (non-hydrogen) atoms. The van der Waals surface area contributed by atoms with Crippen LogP contribution in [0.25, 0.3) is 0 Å². The van der Waals surface area contributed by atoms with Crippen molar-refractivity contribution >= 4 is 17.9 Å². The van der Waals surface area contributed by atoms with Crippen LogP contribution in [0.2, 0.25) is 0 Å². The predicted octanol–water partition coefficient (Wildman–Crippen LogP) is 3.37. The normalized spacial score (nSPS) is 30.8. The zero-order chi connectivity index (χ0) is 21.6. The van der Waals surface area contributed by atoms with E-state index in [9.17, 15) is 14.4 Å². The SMILES string of the molecule is CCC[C@H]1[C@@H](NC(=O)NCCCC(=O)OCC)CC[C@@]23CCCN2C(=O)CCC[C@@H]13. The van der Waals surface area contributed by atoms with E-state index < -0.39 is 0 Å². The van der Waals surface area contributed by atoms with E-state index in [1.807, 2.05) is 0 Å². The van der Waals surface area contributed by atoms with E-state index in [-0.39, 0.29) is 23.6 Å². The fourth-order valence-corrected chi connectivity index (χ4v) is 6.30. The number of amides is 3. The van der Waals surface area contributed by atoms with Gasteiger partial charge in [0.1, 0.15) is 0 Å². The van der Waals surface area contributed by atoms with Crippen LogP contribution in [0, 0.1) is 11.8 Å². The molecule has 2 heterocycles. The Morgan fingerprint density at radius 1 is 1.20 bits per heavy atom. The second-order valence-corrected chi connectivity index (χ2v) is 9.16. The smallest absolute Gasteiger partial charge is 0.315 e. The third-order valence-corrected chi connectivity index (χ3v) is 7.43. The summed E-state index contributed by atoms with van der Waals surface area (Å²) in [5, 5.41) is 6.14. The molecule has 3 fully saturated rings. The molecule has 3 aliphatic rings. The summed E-state index contributed by atoms with van der Waals surface area (Å²) in [5.74, 6) is 1.02. The lowest BCUT2D eigenvalue weighted by Crippen LogP contribution is -2.61. The monoisotopic (exact) mass is 421 g/mol. The molecule has 0 radical (unpaired) electrons. The van der Waals surface area contributed by atoms with Crippen LogP contribution < -0.4 is 10.6 Å². The van der Waals surface area contributed by atoms with Crippen LogP contribution in [0.1, 0.15) is 84.5 Å². The Morgan fingerprint density at radius 3 is 2.80 bits per heavy atom. The Kier molecular flexibility index (Phi) is 8.00. The van der Waals surface area contributed by atoms with Crippen LogP contribution in [-0.4, -0.2) is 54.1 Å². The van der Waals surface area contributed by atoms with E-state index in [0.29, 0.717) is 50.2 Å². The third-order valence-electron chi connectivity index (χ3n) is 7.43. The molecule has 0 aromatic heterocycles. The average Bonchev–Trinajstić information content (AvgIpc) is 3.08. The highest BCUT2D eigenvalue weighted by molar-refractivity contribution is 5.78. The quantitative estimate of drug-likeness (QED) is 0.465. The molecule has 0 aromatic carbocycles. The van der Waals surface area contributed by atoms with Crippen LogP contribution in [0.3, 0.4) is 0 Å². The van der Waals surface area contributed by atoms with E-state index in [0.717, 1.165) is 57.9 Å². The van der Waals surface area contributed by atoms with Crippen molar-refractivity contribution in [3.05, 3.63) is 0 Å². The van der Waals surface area contributed by atoms with Crippen molar-refractivity contribution in [1.82, 2.24) is 15.5 Å². The lowest BCUT2D eigenvalue weighted by Gasteiger charge is -2.53. The summed E-state index contributed by atoms with van der Waals surface area (Å²) in [4.78, 5) is 38.9. The maximum absolute atomic E-state index is 12.7. The van der Waals surface area contributed by atoms with Gasteiger partial charge in [-0.3, -0.25) is 9.59 Å². The first-order valence-electron chi connectivity index (χ1n) is 12.0. The van der Waals surface area contributed by atoms with Crippen LogP contribution >= 0.6 is 0 Å². The number of nitrogens with zero attached hydrogens (tertiary/aromatic N) is 1. The minimum Gasteiger partial charge on any atom is -0.466 e. The van der Waals surface area contributed by atoms with Gasteiger partial charge in [0.05, 0.1) is 6.61 Å². The molecule has 7 heteroatoms. The fourth-order valence-electron chi connectivity index (χ4n) is 6.30. The topological polar surface area (TPSA) is 87.7 Å². The highest BCUT2D eigenvalue weighted by atomic mass is 16.5. The second-order valence-electron chi connectivity index (χ2n) is 9.16. The summed E-state index contributed by atoms with van der Waals surface area (Å²) in [6.07, 6.45) is 9.97. The average molecular weight is 422 g/mol. The van der Waals surface area contributed by atoms with E-state index >= 15 is 0 Å². The van der Waals surface area contributed by atoms with E-state index in [1.165, 1.54) is 0 Å². The zero-order valence-corrected chi connectivity index (χ0v) is 18.7. The lowest BCUT2D eigenvalue weighted by atomic mass is 9.61. The molecular formula is C23H39N3O4. The van der Waals surface area contributed by atoms with E-state index in [1.54, 1.807) is 6.92 Å². The van der Waals surface area contributed by atoms with Crippen LogP contribution in [0.15, 0.2) is 0 Å². The van der Waals surface area contributed by atoms with Crippen molar-refractivity contribution < 1.29 is 19.1 Å². The van der Waals surface area contributed by atoms with Crippen LogP contribution in [-0.2, 0) is 14.3 Å². The minimum atomic E-state index is -0.218. The van der Waals surface area contributed by atoms with Gasteiger partial charge in [-0.25, -0.2) is 4.79 Å². The van der Waals surface area contributed by atoms with E-state index in [2.05, 4.69) is 22.5 Å². The van der Waals surface area contributed by atoms with Crippen molar-refractivity contribution in [2.75, 3.05) is 19.7 Å². The summed E-state index contributed by atoms with van der Waals surface area (Å²) in [6.45, 7) is 5.76.